The lowest BCUT2D eigenvalue weighted by Gasteiger charge is -2.33. The standard InChI is InChI=1S/C24H30FN3O2/c1-17-8-5-6-12-27(17)13-7-11-26-24(29)22-15-23-21(14-18(2)30-23)28(22)16-19-9-3-4-10-20(19)25/h3-4,9-10,14-15,17H,5-8,11-13,16H2,1-2H3,(H,26,29). The summed E-state index contributed by atoms with van der Waals surface area (Å²) < 4.78 is 21.8. The summed E-state index contributed by atoms with van der Waals surface area (Å²) in [6.07, 6.45) is 4.75. The van der Waals surface area contributed by atoms with Gasteiger partial charge < -0.3 is 19.2 Å². The van der Waals surface area contributed by atoms with Gasteiger partial charge in [0.15, 0.2) is 5.58 Å². The number of aryl methyl sites for hydroxylation is 1. The molecule has 1 atom stereocenters. The van der Waals surface area contributed by atoms with E-state index >= 15 is 0 Å². The Morgan fingerprint density at radius 1 is 1.27 bits per heavy atom. The molecule has 0 aliphatic carbocycles. The van der Waals surface area contributed by atoms with Crippen LogP contribution in [-0.2, 0) is 6.54 Å². The highest BCUT2D eigenvalue weighted by Crippen LogP contribution is 2.25. The molecule has 4 rings (SSSR count). The highest BCUT2D eigenvalue weighted by atomic mass is 19.1. The number of aromatic nitrogens is 1. The van der Waals surface area contributed by atoms with Gasteiger partial charge in [-0.15, -0.1) is 0 Å². The van der Waals surface area contributed by atoms with Crippen LogP contribution in [0, 0.1) is 12.7 Å². The number of furan rings is 1. The molecule has 1 saturated heterocycles. The highest BCUT2D eigenvalue weighted by Gasteiger charge is 2.20. The van der Waals surface area contributed by atoms with Gasteiger partial charge in [-0.1, -0.05) is 24.6 Å². The van der Waals surface area contributed by atoms with Crippen LogP contribution in [0.25, 0.3) is 11.1 Å². The van der Waals surface area contributed by atoms with Crippen LogP contribution in [0.4, 0.5) is 4.39 Å². The van der Waals surface area contributed by atoms with Gasteiger partial charge in [-0.25, -0.2) is 4.39 Å². The van der Waals surface area contributed by atoms with E-state index in [9.17, 15) is 9.18 Å². The molecule has 5 nitrogen and oxygen atoms in total. The molecule has 3 heterocycles. The van der Waals surface area contributed by atoms with Crippen LogP contribution in [0.2, 0.25) is 0 Å². The van der Waals surface area contributed by atoms with E-state index < -0.39 is 0 Å². The summed E-state index contributed by atoms with van der Waals surface area (Å²) in [5, 5.41) is 3.04. The first-order valence-electron chi connectivity index (χ1n) is 10.9. The summed E-state index contributed by atoms with van der Waals surface area (Å²) in [7, 11) is 0. The minimum absolute atomic E-state index is 0.151. The first-order chi connectivity index (χ1) is 14.5. The van der Waals surface area contributed by atoms with Crippen molar-refractivity contribution in [1.29, 1.82) is 0 Å². The zero-order valence-electron chi connectivity index (χ0n) is 17.8. The van der Waals surface area contributed by atoms with Gasteiger partial charge in [0.05, 0.1) is 12.1 Å². The van der Waals surface area contributed by atoms with Crippen LogP contribution in [-0.4, -0.2) is 41.1 Å². The van der Waals surface area contributed by atoms with Crippen molar-refractivity contribution in [3.8, 4) is 0 Å². The van der Waals surface area contributed by atoms with Crippen LogP contribution in [0.15, 0.2) is 40.8 Å². The molecule has 1 aliphatic heterocycles. The smallest absolute Gasteiger partial charge is 0.268 e. The quantitative estimate of drug-likeness (QED) is 0.572. The van der Waals surface area contributed by atoms with Crippen LogP contribution >= 0.6 is 0 Å². The molecule has 0 saturated carbocycles. The Hall–Kier alpha value is -2.60. The Labute approximate surface area is 176 Å². The van der Waals surface area contributed by atoms with Crippen molar-refractivity contribution in [2.45, 2.75) is 52.1 Å². The molecule has 6 heteroatoms. The summed E-state index contributed by atoms with van der Waals surface area (Å²) in [6.45, 7) is 7.20. The maximum Gasteiger partial charge on any atom is 0.268 e. The van der Waals surface area contributed by atoms with Gasteiger partial charge in [0.2, 0.25) is 0 Å². The summed E-state index contributed by atoms with van der Waals surface area (Å²) in [4.78, 5) is 15.4. The third-order valence-electron chi connectivity index (χ3n) is 6.08. The second kappa shape index (κ2) is 9.04. The van der Waals surface area contributed by atoms with E-state index in [4.69, 9.17) is 4.42 Å². The monoisotopic (exact) mass is 411 g/mol. The second-order valence-electron chi connectivity index (χ2n) is 8.30. The Kier molecular flexibility index (Phi) is 6.23. The number of likely N-dealkylation sites (tertiary alicyclic amines) is 1. The molecule has 1 aliphatic rings. The van der Waals surface area contributed by atoms with Gasteiger partial charge in [0.1, 0.15) is 17.3 Å². The number of halogens is 1. The number of amides is 1. The normalized spacial score (nSPS) is 17.5. The topological polar surface area (TPSA) is 50.4 Å². The molecule has 1 amide bonds. The molecule has 30 heavy (non-hydrogen) atoms. The molecule has 3 aromatic rings. The van der Waals surface area contributed by atoms with Crippen LogP contribution < -0.4 is 5.32 Å². The van der Waals surface area contributed by atoms with E-state index in [1.165, 1.54) is 25.3 Å². The molecule has 1 unspecified atom stereocenters. The van der Waals surface area contributed by atoms with E-state index in [2.05, 4.69) is 17.1 Å². The second-order valence-corrected chi connectivity index (χ2v) is 8.30. The number of fused-ring (bicyclic) bond motifs is 1. The van der Waals surface area contributed by atoms with Crippen LogP contribution in [0.5, 0.6) is 0 Å². The minimum Gasteiger partial charge on any atom is -0.460 e. The van der Waals surface area contributed by atoms with Gasteiger partial charge in [0, 0.05) is 36.8 Å². The Morgan fingerprint density at radius 2 is 2.10 bits per heavy atom. The molecule has 160 valence electrons. The number of hydrogen-bond donors (Lipinski definition) is 1. The summed E-state index contributed by atoms with van der Waals surface area (Å²) >= 11 is 0. The average Bonchev–Trinajstić information content (AvgIpc) is 3.25. The zero-order chi connectivity index (χ0) is 21.1. The van der Waals surface area contributed by atoms with Gasteiger partial charge in [-0.3, -0.25) is 4.79 Å². The van der Waals surface area contributed by atoms with E-state index in [1.807, 2.05) is 17.6 Å². The van der Waals surface area contributed by atoms with Gasteiger partial charge in [0.25, 0.3) is 5.91 Å². The fourth-order valence-electron chi connectivity index (χ4n) is 4.38. The summed E-state index contributed by atoms with van der Waals surface area (Å²) in [5.74, 6) is 0.341. The highest BCUT2D eigenvalue weighted by molar-refractivity contribution is 5.97. The lowest BCUT2D eigenvalue weighted by atomic mass is 10.0. The van der Waals surface area contributed by atoms with Crippen molar-refractivity contribution >= 4 is 17.0 Å². The van der Waals surface area contributed by atoms with Crippen LogP contribution in [0.1, 0.15) is 54.4 Å². The Balaban J connectivity index is 1.45. The maximum atomic E-state index is 14.2. The number of carbonyl (C=O) groups excluding carboxylic acids is 1. The molecule has 1 N–H and O–H groups in total. The van der Waals surface area contributed by atoms with E-state index in [-0.39, 0.29) is 18.3 Å². The van der Waals surface area contributed by atoms with Crippen molar-refractivity contribution in [3.05, 3.63) is 59.2 Å². The molecular weight excluding hydrogens is 381 g/mol. The fourth-order valence-corrected chi connectivity index (χ4v) is 4.38. The molecule has 0 bridgehead atoms. The number of hydrogen-bond acceptors (Lipinski definition) is 3. The first-order valence-corrected chi connectivity index (χ1v) is 10.9. The number of carbonyl (C=O) groups is 1. The van der Waals surface area contributed by atoms with E-state index in [1.54, 1.807) is 24.3 Å². The van der Waals surface area contributed by atoms with Crippen LogP contribution in [0.3, 0.4) is 0 Å². The van der Waals surface area contributed by atoms with Gasteiger partial charge in [-0.2, -0.15) is 0 Å². The molecule has 2 aromatic heterocycles. The molecule has 0 radical (unpaired) electrons. The van der Waals surface area contributed by atoms with Gasteiger partial charge in [-0.05, 0) is 45.7 Å². The zero-order valence-corrected chi connectivity index (χ0v) is 17.8. The van der Waals surface area contributed by atoms with Crippen molar-refractivity contribution in [1.82, 2.24) is 14.8 Å². The van der Waals surface area contributed by atoms with Crippen molar-refractivity contribution in [2.75, 3.05) is 19.6 Å². The van der Waals surface area contributed by atoms with Crippen molar-refractivity contribution < 1.29 is 13.6 Å². The maximum absolute atomic E-state index is 14.2. The Morgan fingerprint density at radius 3 is 2.90 bits per heavy atom. The van der Waals surface area contributed by atoms with Crippen molar-refractivity contribution in [2.24, 2.45) is 0 Å². The molecular formula is C24H30FN3O2. The minimum atomic E-state index is -0.276. The predicted octanol–water partition coefficient (Wildman–Crippen LogP) is 4.72. The lowest BCUT2D eigenvalue weighted by Crippen LogP contribution is -2.39. The summed E-state index contributed by atoms with van der Waals surface area (Å²) in [5.41, 5.74) is 2.50. The third kappa shape index (κ3) is 4.43. The van der Waals surface area contributed by atoms with Gasteiger partial charge >= 0.3 is 0 Å². The number of nitrogens with zero attached hydrogens (tertiary/aromatic N) is 2. The third-order valence-corrected chi connectivity index (χ3v) is 6.08. The molecule has 1 aromatic carbocycles. The van der Waals surface area contributed by atoms with E-state index in [0.717, 1.165) is 30.8 Å². The number of nitrogens with one attached hydrogen (secondary N) is 1. The average molecular weight is 412 g/mol. The molecule has 1 fully saturated rings. The predicted molar refractivity (Wildman–Crippen MR) is 116 cm³/mol. The summed E-state index contributed by atoms with van der Waals surface area (Å²) in [6, 6.07) is 10.9. The lowest BCUT2D eigenvalue weighted by molar-refractivity contribution is 0.0940. The fraction of sp³-hybridized carbons (Fsp3) is 0.458. The number of benzene rings is 1. The number of piperidine rings is 1. The largest absolute Gasteiger partial charge is 0.460 e. The van der Waals surface area contributed by atoms with Crippen molar-refractivity contribution in [3.63, 3.8) is 0 Å². The SMILES string of the molecule is Cc1cc2c(cc(C(=O)NCCCN3CCCCC3C)n2Cc2ccccc2F)o1. The Bertz CT molecular complexity index is 1020. The first kappa shape index (κ1) is 20.7. The number of rotatable bonds is 7. The molecule has 0 spiro atoms. The van der Waals surface area contributed by atoms with E-state index in [0.29, 0.717) is 29.4 Å².